The Labute approximate surface area is 96.5 Å². The van der Waals surface area contributed by atoms with Gasteiger partial charge in [-0.05, 0) is 12.1 Å². The van der Waals surface area contributed by atoms with Crippen LogP contribution in [0.25, 0.3) is 0 Å². The van der Waals surface area contributed by atoms with Crippen molar-refractivity contribution in [2.75, 3.05) is 25.0 Å². The van der Waals surface area contributed by atoms with Crippen molar-refractivity contribution in [3.63, 3.8) is 0 Å². The monoisotopic (exact) mass is 228 g/mol. The van der Waals surface area contributed by atoms with E-state index in [1.807, 2.05) is 25.2 Å². The first-order valence-corrected chi connectivity index (χ1v) is 4.95. The molecule has 0 radical (unpaired) electrons. The molecule has 1 aliphatic rings. The van der Waals surface area contributed by atoms with Crippen molar-refractivity contribution in [3.05, 3.63) is 30.3 Å². The van der Waals surface area contributed by atoms with Crippen molar-refractivity contribution in [3.8, 4) is 0 Å². The normalized spacial score (nSPS) is 24.7. The molecule has 0 aliphatic carbocycles. The summed E-state index contributed by atoms with van der Waals surface area (Å²) >= 11 is 0. The third-order valence-electron chi connectivity index (χ3n) is 2.81. The fraction of sp³-hybridized carbons (Fsp3) is 0.455. The van der Waals surface area contributed by atoms with Gasteiger partial charge in [-0.2, -0.15) is 0 Å². The summed E-state index contributed by atoms with van der Waals surface area (Å²) in [6.45, 7) is 1.55. The Morgan fingerprint density at radius 1 is 1.27 bits per heavy atom. The number of benzene rings is 1. The number of likely N-dealkylation sites (N-methyl/N-ethyl adjacent to an activating group) is 1. The molecule has 0 spiro atoms. The quantitative estimate of drug-likeness (QED) is 0.789. The van der Waals surface area contributed by atoms with Gasteiger partial charge < -0.3 is 15.3 Å². The lowest BCUT2D eigenvalue weighted by molar-refractivity contribution is 0.177. The molecule has 1 fully saturated rings. The van der Waals surface area contributed by atoms with E-state index in [0.29, 0.717) is 6.54 Å². The molecule has 1 aromatic carbocycles. The van der Waals surface area contributed by atoms with E-state index in [1.165, 1.54) is 0 Å². The second kappa shape index (κ2) is 5.35. The largest absolute Gasteiger partial charge is 0.390 e. The molecule has 2 rings (SSSR count). The number of para-hydroxylation sites is 1. The smallest absolute Gasteiger partial charge is 0.0879 e. The van der Waals surface area contributed by atoms with Crippen LogP contribution in [0, 0.1) is 0 Å². The molecule has 2 atom stereocenters. The summed E-state index contributed by atoms with van der Waals surface area (Å²) < 4.78 is 0. The number of halogens is 1. The maximum absolute atomic E-state index is 9.72. The molecular weight excluding hydrogens is 212 g/mol. The molecular formula is C11H17ClN2O. The zero-order valence-electron chi connectivity index (χ0n) is 8.76. The van der Waals surface area contributed by atoms with Crippen LogP contribution in [0.2, 0.25) is 0 Å². The van der Waals surface area contributed by atoms with Crippen LogP contribution in [-0.2, 0) is 0 Å². The lowest BCUT2D eigenvalue weighted by Gasteiger charge is -2.28. The highest BCUT2D eigenvalue weighted by atomic mass is 35.5. The first-order valence-electron chi connectivity index (χ1n) is 4.95. The number of nitrogens with zero attached hydrogens (tertiary/aromatic N) is 1. The van der Waals surface area contributed by atoms with E-state index in [2.05, 4.69) is 22.3 Å². The van der Waals surface area contributed by atoms with Crippen LogP contribution in [0.1, 0.15) is 0 Å². The zero-order valence-corrected chi connectivity index (χ0v) is 9.57. The molecule has 1 aromatic rings. The maximum Gasteiger partial charge on any atom is 0.0879 e. The van der Waals surface area contributed by atoms with Gasteiger partial charge in [0.25, 0.3) is 0 Å². The summed E-state index contributed by atoms with van der Waals surface area (Å²) in [5, 5.41) is 12.9. The Morgan fingerprint density at radius 2 is 1.93 bits per heavy atom. The number of aliphatic hydroxyl groups is 1. The van der Waals surface area contributed by atoms with Gasteiger partial charge in [-0.15, -0.1) is 12.4 Å². The fourth-order valence-corrected chi connectivity index (χ4v) is 1.90. The highest BCUT2D eigenvalue weighted by Gasteiger charge is 2.28. The average molecular weight is 229 g/mol. The molecule has 1 saturated heterocycles. The number of anilines is 1. The fourth-order valence-electron chi connectivity index (χ4n) is 1.90. The predicted octanol–water partition coefficient (Wildman–Crippen LogP) is 0.877. The standard InChI is InChI=1S/C11H16N2O.ClH/c1-13(9-5-3-2-4-6-9)10-7-12-8-11(10)14;/h2-6,10-12,14H,7-8H2,1H3;1H/t10-,11-;/m1./s1. The van der Waals surface area contributed by atoms with Gasteiger partial charge in [0, 0.05) is 25.8 Å². The van der Waals surface area contributed by atoms with E-state index >= 15 is 0 Å². The Kier molecular flexibility index (Phi) is 4.39. The third kappa shape index (κ3) is 2.62. The molecule has 15 heavy (non-hydrogen) atoms. The Balaban J connectivity index is 0.00000112. The van der Waals surface area contributed by atoms with Crippen LogP contribution in [-0.4, -0.2) is 37.4 Å². The van der Waals surface area contributed by atoms with E-state index < -0.39 is 0 Å². The van der Waals surface area contributed by atoms with Crippen LogP contribution in [0.4, 0.5) is 5.69 Å². The maximum atomic E-state index is 9.72. The molecule has 0 unspecified atom stereocenters. The summed E-state index contributed by atoms with van der Waals surface area (Å²) in [6, 6.07) is 10.3. The zero-order chi connectivity index (χ0) is 9.97. The van der Waals surface area contributed by atoms with Crippen molar-refractivity contribution in [2.45, 2.75) is 12.1 Å². The first-order chi connectivity index (χ1) is 6.79. The highest BCUT2D eigenvalue weighted by Crippen LogP contribution is 2.17. The van der Waals surface area contributed by atoms with Gasteiger partial charge >= 0.3 is 0 Å². The van der Waals surface area contributed by atoms with Crippen molar-refractivity contribution < 1.29 is 5.11 Å². The van der Waals surface area contributed by atoms with Gasteiger partial charge in [0.2, 0.25) is 0 Å². The van der Waals surface area contributed by atoms with Gasteiger partial charge in [-0.1, -0.05) is 18.2 Å². The number of nitrogens with one attached hydrogen (secondary N) is 1. The third-order valence-corrected chi connectivity index (χ3v) is 2.81. The van der Waals surface area contributed by atoms with Gasteiger partial charge in [-0.3, -0.25) is 0 Å². The lowest BCUT2D eigenvalue weighted by atomic mass is 10.1. The SMILES string of the molecule is CN(c1ccccc1)[C@@H]1CNC[C@H]1O.Cl. The Bertz CT molecular complexity index is 294. The number of hydrogen-bond donors (Lipinski definition) is 2. The van der Waals surface area contributed by atoms with Crippen LogP contribution < -0.4 is 10.2 Å². The summed E-state index contributed by atoms with van der Waals surface area (Å²) in [4.78, 5) is 2.13. The molecule has 84 valence electrons. The van der Waals surface area contributed by atoms with Crippen molar-refractivity contribution in [1.82, 2.24) is 5.32 Å². The average Bonchev–Trinajstić information content (AvgIpc) is 2.65. The molecule has 4 heteroatoms. The minimum atomic E-state index is -0.264. The number of rotatable bonds is 2. The topological polar surface area (TPSA) is 35.5 Å². The van der Waals surface area contributed by atoms with Crippen LogP contribution in [0.3, 0.4) is 0 Å². The molecule has 1 heterocycles. The Hall–Kier alpha value is -0.770. The van der Waals surface area contributed by atoms with Gasteiger partial charge in [0.05, 0.1) is 12.1 Å². The molecule has 0 bridgehead atoms. The molecule has 0 aromatic heterocycles. The molecule has 3 nitrogen and oxygen atoms in total. The van der Waals surface area contributed by atoms with Gasteiger partial charge in [-0.25, -0.2) is 0 Å². The van der Waals surface area contributed by atoms with E-state index in [9.17, 15) is 5.11 Å². The lowest BCUT2D eigenvalue weighted by Crippen LogP contribution is -2.40. The van der Waals surface area contributed by atoms with Crippen molar-refractivity contribution in [2.24, 2.45) is 0 Å². The molecule has 0 amide bonds. The predicted molar refractivity (Wildman–Crippen MR) is 64.8 cm³/mol. The van der Waals surface area contributed by atoms with Crippen molar-refractivity contribution >= 4 is 18.1 Å². The van der Waals surface area contributed by atoms with Gasteiger partial charge in [0.15, 0.2) is 0 Å². The number of β-amino-alcohol motifs (C(OH)–C–C–N with tert-alkyl or cyclic N) is 1. The molecule has 1 aliphatic heterocycles. The summed E-state index contributed by atoms with van der Waals surface area (Å²) in [7, 11) is 2.02. The van der Waals surface area contributed by atoms with E-state index in [-0.39, 0.29) is 24.6 Å². The number of hydrogen-bond acceptors (Lipinski definition) is 3. The molecule has 2 N–H and O–H groups in total. The van der Waals surface area contributed by atoms with E-state index in [1.54, 1.807) is 0 Å². The summed E-state index contributed by atoms with van der Waals surface area (Å²) in [5.41, 5.74) is 1.15. The second-order valence-corrected chi connectivity index (χ2v) is 3.74. The number of aliphatic hydroxyl groups excluding tert-OH is 1. The van der Waals surface area contributed by atoms with Crippen LogP contribution >= 0.6 is 12.4 Å². The first kappa shape index (κ1) is 12.3. The summed E-state index contributed by atoms with van der Waals surface area (Å²) in [5.74, 6) is 0. The van der Waals surface area contributed by atoms with Gasteiger partial charge in [0.1, 0.15) is 0 Å². The minimum Gasteiger partial charge on any atom is -0.390 e. The van der Waals surface area contributed by atoms with Crippen molar-refractivity contribution in [1.29, 1.82) is 0 Å². The Morgan fingerprint density at radius 3 is 2.47 bits per heavy atom. The van der Waals surface area contributed by atoms with E-state index in [0.717, 1.165) is 12.2 Å². The molecule has 0 saturated carbocycles. The summed E-state index contributed by atoms with van der Waals surface area (Å²) in [6.07, 6.45) is -0.264. The second-order valence-electron chi connectivity index (χ2n) is 3.74. The van der Waals surface area contributed by atoms with E-state index in [4.69, 9.17) is 0 Å². The minimum absolute atomic E-state index is 0. The highest BCUT2D eigenvalue weighted by molar-refractivity contribution is 5.85. The van der Waals surface area contributed by atoms with Crippen LogP contribution in [0.15, 0.2) is 30.3 Å². The van der Waals surface area contributed by atoms with Crippen LogP contribution in [0.5, 0.6) is 0 Å².